The quantitative estimate of drug-likeness (QED) is 0.354. The van der Waals surface area contributed by atoms with Gasteiger partial charge in [0.15, 0.2) is 5.76 Å². The van der Waals surface area contributed by atoms with Gasteiger partial charge >= 0.3 is 5.97 Å². The van der Waals surface area contributed by atoms with Crippen LogP contribution in [0.3, 0.4) is 0 Å². The van der Waals surface area contributed by atoms with Gasteiger partial charge in [-0.15, -0.1) is 0 Å². The van der Waals surface area contributed by atoms with E-state index in [-0.39, 0.29) is 39.2 Å². The fraction of sp³-hybridized carbons (Fsp3) is 0.600. The molecule has 0 heterocycles. The molecule has 0 aromatic rings. The third kappa shape index (κ3) is 2.66. The largest absolute Gasteiger partial charge is 0.504 e. The summed E-state index contributed by atoms with van der Waals surface area (Å²) in [6.07, 6.45) is 15.5. The molecule has 34 heavy (non-hydrogen) atoms. The van der Waals surface area contributed by atoms with Gasteiger partial charge in [-0.25, -0.2) is 0 Å². The molecule has 2 fully saturated rings. The van der Waals surface area contributed by atoms with E-state index in [1.165, 1.54) is 12.7 Å². The number of esters is 1. The smallest absolute Gasteiger partial charge is 0.311 e. The second-order valence-corrected chi connectivity index (χ2v) is 12.7. The van der Waals surface area contributed by atoms with E-state index in [2.05, 4.69) is 58.9 Å². The van der Waals surface area contributed by atoms with Crippen molar-refractivity contribution in [1.82, 2.24) is 0 Å². The Bertz CT molecular complexity index is 1160. The number of carbonyl (C=O) groups excluding carboxylic acids is 2. The van der Waals surface area contributed by atoms with E-state index < -0.39 is 5.41 Å². The summed E-state index contributed by atoms with van der Waals surface area (Å²) in [5.74, 6) is -0.179. The molecule has 2 saturated carbocycles. The van der Waals surface area contributed by atoms with Crippen molar-refractivity contribution in [3.63, 3.8) is 0 Å². The van der Waals surface area contributed by atoms with Crippen molar-refractivity contribution in [3.05, 3.63) is 58.4 Å². The lowest BCUT2D eigenvalue weighted by Crippen LogP contribution is -2.60. The molecule has 5 aliphatic carbocycles. The first-order valence-corrected chi connectivity index (χ1v) is 12.6. The molecule has 5 rings (SSSR count). The van der Waals surface area contributed by atoms with Crippen LogP contribution in [0, 0.1) is 33.0 Å². The van der Waals surface area contributed by atoms with Gasteiger partial charge in [-0.1, -0.05) is 52.0 Å². The van der Waals surface area contributed by atoms with Gasteiger partial charge in [0.2, 0.25) is 5.78 Å². The van der Waals surface area contributed by atoms with E-state index >= 15 is 0 Å². The summed E-state index contributed by atoms with van der Waals surface area (Å²) in [6.45, 7) is 13.4. The van der Waals surface area contributed by atoms with Crippen molar-refractivity contribution in [2.45, 2.75) is 73.6 Å². The number of ketones is 1. The third-order valence-electron chi connectivity index (χ3n) is 11.0. The van der Waals surface area contributed by atoms with Crippen LogP contribution < -0.4 is 0 Å². The molecular formula is C30H38O4. The molecule has 4 heteroatoms. The van der Waals surface area contributed by atoms with Crippen LogP contribution in [-0.2, 0) is 14.3 Å². The number of aliphatic hydroxyl groups is 1. The van der Waals surface area contributed by atoms with Gasteiger partial charge in [-0.2, -0.15) is 0 Å². The number of rotatable bonds is 1. The SMILES string of the molecule is COC(=O)C1(C)CCC2(C)C=CC3(C)C4=CC=C5C(=CC(=O)C(O)=C5C)C4(C)CCC3(C)C2C1. The van der Waals surface area contributed by atoms with Crippen molar-refractivity contribution in [2.75, 3.05) is 7.11 Å². The summed E-state index contributed by atoms with van der Waals surface area (Å²) in [6, 6.07) is 0. The molecule has 0 spiro atoms. The first-order valence-electron chi connectivity index (χ1n) is 12.6. The van der Waals surface area contributed by atoms with E-state index in [4.69, 9.17) is 4.74 Å². The van der Waals surface area contributed by atoms with Gasteiger partial charge in [-0.3, -0.25) is 9.59 Å². The van der Waals surface area contributed by atoms with Crippen molar-refractivity contribution in [3.8, 4) is 0 Å². The van der Waals surface area contributed by atoms with E-state index in [1.807, 2.05) is 6.92 Å². The zero-order valence-corrected chi connectivity index (χ0v) is 21.7. The summed E-state index contributed by atoms with van der Waals surface area (Å²) in [5, 5.41) is 10.3. The van der Waals surface area contributed by atoms with Crippen LogP contribution in [0.2, 0.25) is 0 Å². The average molecular weight is 463 g/mol. The maximum atomic E-state index is 12.8. The van der Waals surface area contributed by atoms with Gasteiger partial charge in [0.25, 0.3) is 0 Å². The first-order chi connectivity index (χ1) is 15.8. The molecular weight excluding hydrogens is 424 g/mol. The summed E-state index contributed by atoms with van der Waals surface area (Å²) in [5.41, 5.74) is 3.12. The first kappa shape index (κ1) is 23.4. The van der Waals surface area contributed by atoms with Gasteiger partial charge in [-0.05, 0) is 85.5 Å². The van der Waals surface area contributed by atoms with Crippen molar-refractivity contribution >= 4 is 11.8 Å². The third-order valence-corrected chi connectivity index (χ3v) is 11.0. The van der Waals surface area contributed by atoms with Gasteiger partial charge in [0.05, 0.1) is 12.5 Å². The Hall–Kier alpha value is -2.36. The summed E-state index contributed by atoms with van der Waals surface area (Å²) < 4.78 is 5.25. The molecule has 0 saturated heterocycles. The minimum absolute atomic E-state index is 0.0326. The molecule has 0 amide bonds. The van der Waals surface area contributed by atoms with Gasteiger partial charge in [0, 0.05) is 16.4 Å². The Balaban J connectivity index is 1.66. The highest BCUT2D eigenvalue weighted by Gasteiger charge is 2.65. The standard InChI is InChI=1S/C30H38O4/c1-18-19-8-9-22-28(4,20(19)16-21(31)24(18)32)13-15-30(6)23-17-27(3,25(33)34-7)11-10-26(23,2)12-14-29(22,30)5/h8-9,12,14,16,23,32H,10-11,13,15,17H2,1-7H3. The number of fused-ring (bicyclic) bond motifs is 7. The number of hydrogen-bond donors (Lipinski definition) is 1. The molecule has 6 unspecified atom stereocenters. The molecule has 0 radical (unpaired) electrons. The number of allylic oxidation sites excluding steroid dienone is 9. The van der Waals surface area contributed by atoms with Crippen LogP contribution in [0.5, 0.6) is 0 Å². The van der Waals surface area contributed by atoms with Crippen LogP contribution in [0.1, 0.15) is 73.6 Å². The normalized spacial score (nSPS) is 45.2. The van der Waals surface area contributed by atoms with Crippen molar-refractivity contribution < 1.29 is 19.4 Å². The van der Waals surface area contributed by atoms with Crippen molar-refractivity contribution in [1.29, 1.82) is 0 Å². The Morgan fingerprint density at radius 2 is 1.74 bits per heavy atom. The summed E-state index contributed by atoms with van der Waals surface area (Å²) in [7, 11) is 1.50. The Morgan fingerprint density at radius 3 is 2.41 bits per heavy atom. The molecule has 1 N–H and O–H groups in total. The Labute approximate surface area is 203 Å². The van der Waals surface area contributed by atoms with Crippen LogP contribution >= 0.6 is 0 Å². The van der Waals surface area contributed by atoms with Crippen molar-refractivity contribution in [2.24, 2.45) is 33.0 Å². The number of carbonyl (C=O) groups is 2. The lowest BCUT2D eigenvalue weighted by Gasteiger charge is -2.67. The molecule has 4 nitrogen and oxygen atoms in total. The van der Waals surface area contributed by atoms with E-state index in [0.29, 0.717) is 11.5 Å². The minimum atomic E-state index is -0.458. The molecule has 0 aliphatic heterocycles. The molecule has 0 bridgehead atoms. The monoisotopic (exact) mass is 462 g/mol. The van der Waals surface area contributed by atoms with E-state index in [1.54, 1.807) is 6.08 Å². The van der Waals surface area contributed by atoms with Crippen LogP contribution in [0.25, 0.3) is 0 Å². The highest BCUT2D eigenvalue weighted by Crippen LogP contribution is 2.73. The second kappa shape index (κ2) is 6.86. The topological polar surface area (TPSA) is 63.6 Å². The van der Waals surface area contributed by atoms with Crippen LogP contribution in [-0.4, -0.2) is 24.0 Å². The second-order valence-electron chi connectivity index (χ2n) is 12.7. The molecule has 0 aromatic carbocycles. The lowest BCUT2D eigenvalue weighted by molar-refractivity contribution is -0.163. The van der Waals surface area contributed by atoms with Crippen LogP contribution in [0.15, 0.2) is 58.4 Å². The predicted molar refractivity (Wildman–Crippen MR) is 133 cm³/mol. The Morgan fingerprint density at radius 1 is 1.03 bits per heavy atom. The van der Waals surface area contributed by atoms with Gasteiger partial charge in [0.1, 0.15) is 0 Å². The highest BCUT2D eigenvalue weighted by molar-refractivity contribution is 6.06. The average Bonchev–Trinajstić information content (AvgIpc) is 2.80. The molecule has 6 atom stereocenters. The molecule has 0 aromatic heterocycles. The zero-order chi connectivity index (χ0) is 24.9. The molecule has 182 valence electrons. The highest BCUT2D eigenvalue weighted by atomic mass is 16.5. The zero-order valence-electron chi connectivity index (χ0n) is 21.7. The predicted octanol–water partition coefficient (Wildman–Crippen LogP) is 6.56. The maximum absolute atomic E-state index is 12.8. The maximum Gasteiger partial charge on any atom is 0.311 e. The minimum Gasteiger partial charge on any atom is -0.504 e. The number of methoxy groups -OCH3 is 1. The molecule has 5 aliphatic rings. The van der Waals surface area contributed by atoms with Gasteiger partial charge < -0.3 is 9.84 Å². The number of hydrogen-bond acceptors (Lipinski definition) is 4. The van der Waals surface area contributed by atoms with E-state index in [9.17, 15) is 14.7 Å². The fourth-order valence-corrected chi connectivity index (χ4v) is 8.31. The summed E-state index contributed by atoms with van der Waals surface area (Å²) in [4.78, 5) is 25.4. The fourth-order valence-electron chi connectivity index (χ4n) is 8.31. The lowest BCUT2D eigenvalue weighted by atomic mass is 9.36. The summed E-state index contributed by atoms with van der Waals surface area (Å²) >= 11 is 0. The van der Waals surface area contributed by atoms with E-state index in [0.717, 1.165) is 43.3 Å². The number of aliphatic hydroxyl groups excluding tert-OH is 1. The number of ether oxygens (including phenoxy) is 1. The Kier molecular flexibility index (Phi) is 4.72. The van der Waals surface area contributed by atoms with Crippen LogP contribution in [0.4, 0.5) is 0 Å².